The molecule has 0 radical (unpaired) electrons. The Hall–Kier alpha value is -1.53. The van der Waals surface area contributed by atoms with Crippen molar-refractivity contribution in [2.75, 3.05) is 35.7 Å². The summed E-state index contributed by atoms with van der Waals surface area (Å²) in [5.74, 6) is -4.24. The number of methoxy groups -OCH3 is 1. The predicted octanol–water partition coefficient (Wildman–Crippen LogP) is 2.45. The van der Waals surface area contributed by atoms with Crippen LogP contribution in [-0.4, -0.2) is 54.8 Å². The average molecular weight is 452 g/mol. The number of alkyl halides is 2. The maximum absolute atomic E-state index is 13.9. The van der Waals surface area contributed by atoms with Crippen LogP contribution in [0.2, 0.25) is 5.02 Å². The molecule has 0 amide bonds. The molecule has 0 spiro atoms. The molecule has 0 atom stereocenters. The van der Waals surface area contributed by atoms with Gasteiger partial charge >= 0.3 is 5.97 Å². The Morgan fingerprint density at radius 3 is 1.96 bits per heavy atom. The highest BCUT2D eigenvalue weighted by molar-refractivity contribution is 8.10. The molecule has 154 valence electrons. The lowest BCUT2D eigenvalue weighted by Gasteiger charge is -2.25. The smallest absolute Gasteiger partial charge is 0.342 e. The molecule has 0 aliphatic rings. The van der Waals surface area contributed by atoms with Gasteiger partial charge in [-0.05, 0) is 25.0 Å². The van der Waals surface area contributed by atoms with E-state index in [0.717, 1.165) is 13.2 Å². The Morgan fingerprint density at radius 2 is 1.56 bits per heavy atom. The van der Waals surface area contributed by atoms with Crippen LogP contribution < -0.4 is 3.71 Å². The highest BCUT2D eigenvalue weighted by atomic mass is 35.5. The topological polar surface area (TPSA) is 97.8 Å². The van der Waals surface area contributed by atoms with Gasteiger partial charge in [-0.2, -0.15) is 3.71 Å². The molecule has 0 aliphatic heterocycles. The van der Waals surface area contributed by atoms with E-state index in [1.807, 2.05) is 0 Å². The van der Waals surface area contributed by atoms with E-state index in [-0.39, 0.29) is 3.71 Å². The Kier molecular flexibility index (Phi) is 8.36. The summed E-state index contributed by atoms with van der Waals surface area (Å²) in [5, 5.41) is -0.825. The third-order valence-corrected chi connectivity index (χ3v) is 7.99. The summed E-state index contributed by atoms with van der Waals surface area (Å²) in [4.78, 5) is 11.7. The number of nitrogens with zero attached hydrogens (tertiary/aromatic N) is 1. The molecule has 1 aromatic carbocycles. The molecule has 0 unspecified atom stereocenters. The van der Waals surface area contributed by atoms with E-state index in [4.69, 9.17) is 11.6 Å². The van der Waals surface area contributed by atoms with Gasteiger partial charge in [0.05, 0.1) is 42.7 Å². The van der Waals surface area contributed by atoms with Gasteiger partial charge in [-0.25, -0.2) is 26.0 Å². The van der Waals surface area contributed by atoms with Crippen LogP contribution in [0, 0.1) is 5.82 Å². The minimum Gasteiger partial charge on any atom is -0.465 e. The standard InChI is InChI=1S/C14H17ClF3NO6S2/c1-25-14(20)12-10(18)4-5-11(13(12)15)19(26(21,22)8-2-6-16)27(23,24)9-3-7-17/h4-5H,2-3,6-9H2,1H3. The second-order valence-electron chi connectivity index (χ2n) is 5.16. The van der Waals surface area contributed by atoms with E-state index in [2.05, 4.69) is 4.74 Å². The van der Waals surface area contributed by atoms with Crippen LogP contribution >= 0.6 is 11.6 Å². The third-order valence-electron chi connectivity index (χ3n) is 3.23. The quantitative estimate of drug-likeness (QED) is 0.507. The van der Waals surface area contributed by atoms with E-state index in [1.165, 1.54) is 0 Å². The zero-order valence-corrected chi connectivity index (χ0v) is 16.5. The van der Waals surface area contributed by atoms with Crippen molar-refractivity contribution in [1.82, 2.24) is 0 Å². The molecule has 13 heteroatoms. The van der Waals surface area contributed by atoms with E-state index in [1.54, 1.807) is 0 Å². The van der Waals surface area contributed by atoms with E-state index in [9.17, 15) is 34.8 Å². The number of esters is 1. The number of carbonyl (C=O) groups is 1. The highest BCUT2D eigenvalue weighted by Crippen LogP contribution is 2.35. The van der Waals surface area contributed by atoms with Crippen molar-refractivity contribution in [3.63, 3.8) is 0 Å². The first-order chi connectivity index (χ1) is 12.5. The monoisotopic (exact) mass is 451 g/mol. The summed E-state index contributed by atoms with van der Waals surface area (Å²) in [6, 6.07) is 1.37. The molecule has 1 aromatic rings. The van der Waals surface area contributed by atoms with Gasteiger partial charge in [-0.15, -0.1) is 0 Å². The molecule has 1 rings (SSSR count). The van der Waals surface area contributed by atoms with Gasteiger partial charge < -0.3 is 4.74 Å². The summed E-state index contributed by atoms with van der Waals surface area (Å²) >= 11 is 5.90. The summed E-state index contributed by atoms with van der Waals surface area (Å²) in [5.41, 5.74) is -1.61. The van der Waals surface area contributed by atoms with Crippen LogP contribution in [0.5, 0.6) is 0 Å². The van der Waals surface area contributed by atoms with Crippen molar-refractivity contribution in [3.8, 4) is 0 Å². The molecule has 0 saturated carbocycles. The maximum atomic E-state index is 13.9. The van der Waals surface area contributed by atoms with Crippen molar-refractivity contribution >= 4 is 43.3 Å². The lowest BCUT2D eigenvalue weighted by Crippen LogP contribution is -2.40. The van der Waals surface area contributed by atoms with Crippen molar-refractivity contribution in [3.05, 3.63) is 28.5 Å². The van der Waals surface area contributed by atoms with Crippen LogP contribution in [0.25, 0.3) is 0 Å². The van der Waals surface area contributed by atoms with E-state index in [0.29, 0.717) is 6.07 Å². The molecular weight excluding hydrogens is 435 g/mol. The Bertz CT molecular complexity index is 854. The van der Waals surface area contributed by atoms with Gasteiger partial charge in [0.25, 0.3) is 0 Å². The van der Waals surface area contributed by atoms with Gasteiger partial charge in [0.15, 0.2) is 0 Å². The number of benzene rings is 1. The van der Waals surface area contributed by atoms with Crippen LogP contribution in [0.3, 0.4) is 0 Å². The zero-order chi connectivity index (χ0) is 20.8. The summed E-state index contributed by atoms with van der Waals surface area (Å²) < 4.78 is 93.0. The van der Waals surface area contributed by atoms with E-state index >= 15 is 0 Å². The highest BCUT2D eigenvalue weighted by Gasteiger charge is 2.36. The molecule has 0 saturated heterocycles. The Balaban J connectivity index is 3.69. The van der Waals surface area contributed by atoms with Gasteiger partial charge in [0, 0.05) is 0 Å². The fourth-order valence-corrected chi connectivity index (χ4v) is 6.51. The minimum absolute atomic E-state index is 0.112. The lowest BCUT2D eigenvalue weighted by molar-refractivity contribution is 0.0595. The summed E-state index contributed by atoms with van der Waals surface area (Å²) in [7, 11) is -8.46. The third kappa shape index (κ3) is 5.48. The Morgan fingerprint density at radius 1 is 1.07 bits per heavy atom. The average Bonchev–Trinajstić information content (AvgIpc) is 2.60. The minimum atomic E-state index is -4.69. The number of anilines is 1. The molecule has 0 aromatic heterocycles. The van der Waals surface area contributed by atoms with Crippen LogP contribution in [0.15, 0.2) is 12.1 Å². The zero-order valence-electron chi connectivity index (χ0n) is 14.1. The van der Waals surface area contributed by atoms with Crippen molar-refractivity contribution in [2.45, 2.75) is 12.8 Å². The number of carbonyl (C=O) groups excluding carboxylic acids is 1. The number of hydrogen-bond acceptors (Lipinski definition) is 6. The first-order valence-electron chi connectivity index (χ1n) is 7.47. The van der Waals surface area contributed by atoms with E-state index < -0.39 is 85.8 Å². The predicted molar refractivity (Wildman–Crippen MR) is 94.0 cm³/mol. The van der Waals surface area contributed by atoms with Crippen molar-refractivity contribution in [1.29, 1.82) is 0 Å². The fourth-order valence-electron chi connectivity index (χ4n) is 2.08. The molecule has 0 aliphatic carbocycles. The lowest BCUT2D eigenvalue weighted by atomic mass is 10.2. The van der Waals surface area contributed by atoms with Crippen LogP contribution in [0.1, 0.15) is 23.2 Å². The largest absolute Gasteiger partial charge is 0.465 e. The van der Waals surface area contributed by atoms with Crippen LogP contribution in [-0.2, 0) is 24.8 Å². The molecule has 0 fully saturated rings. The summed E-state index contributed by atoms with van der Waals surface area (Å²) in [6.07, 6.45) is -1.03. The number of ether oxygens (including phenoxy) is 1. The first-order valence-corrected chi connectivity index (χ1v) is 11.1. The number of hydrogen-bond donors (Lipinski definition) is 0. The van der Waals surface area contributed by atoms with Gasteiger partial charge in [0.2, 0.25) is 20.0 Å². The van der Waals surface area contributed by atoms with Gasteiger partial charge in [0.1, 0.15) is 11.4 Å². The molecular formula is C14H17ClF3NO6S2. The van der Waals surface area contributed by atoms with Crippen LogP contribution in [0.4, 0.5) is 18.9 Å². The molecule has 7 nitrogen and oxygen atoms in total. The number of rotatable bonds is 10. The summed E-state index contributed by atoms with van der Waals surface area (Å²) in [6.45, 7) is -2.08. The number of halogens is 4. The van der Waals surface area contributed by atoms with Gasteiger partial charge in [-0.1, -0.05) is 11.6 Å². The molecule has 0 heterocycles. The van der Waals surface area contributed by atoms with Crippen molar-refractivity contribution in [2.24, 2.45) is 0 Å². The number of sulfonamides is 2. The molecule has 27 heavy (non-hydrogen) atoms. The van der Waals surface area contributed by atoms with Crippen molar-refractivity contribution < 1.29 is 39.5 Å². The second kappa shape index (κ2) is 9.60. The molecule has 0 bridgehead atoms. The fraction of sp³-hybridized carbons (Fsp3) is 0.500. The molecule has 0 N–H and O–H groups in total. The maximum Gasteiger partial charge on any atom is 0.342 e. The SMILES string of the molecule is COC(=O)c1c(F)ccc(N(S(=O)(=O)CCCF)S(=O)(=O)CCCF)c1Cl. The van der Waals surface area contributed by atoms with Gasteiger partial charge in [-0.3, -0.25) is 8.78 Å². The Labute approximate surface area is 160 Å². The normalized spacial score (nSPS) is 12.0. The first kappa shape index (κ1) is 23.5. The second-order valence-corrected chi connectivity index (χ2v) is 9.64.